The Morgan fingerprint density at radius 3 is 1.48 bits per heavy atom. The monoisotopic (exact) mass is 1060 g/mol. The summed E-state index contributed by atoms with van der Waals surface area (Å²) in [7, 11) is 4.26. The Balaban J connectivity index is 1.18. The fourth-order valence-electron chi connectivity index (χ4n) is 13.4. The summed E-state index contributed by atoms with van der Waals surface area (Å²) in [6.45, 7) is 32.5. The predicted molar refractivity (Wildman–Crippen MR) is 316 cm³/mol. The fourth-order valence-corrected chi connectivity index (χ4v) is 13.4. The molecule has 2 heterocycles. The van der Waals surface area contributed by atoms with Crippen LogP contribution in [0.4, 0.5) is 0 Å². The highest BCUT2D eigenvalue weighted by molar-refractivity contribution is 6.00. The molecule has 0 radical (unpaired) electrons. The van der Waals surface area contributed by atoms with Gasteiger partial charge in [-0.3, -0.25) is 19.4 Å². The Bertz CT molecular complexity index is 2320. The number of carbonyl (C=O) groups is 3. The first-order chi connectivity index (χ1) is 35.8. The quantitative estimate of drug-likeness (QED) is 0.0512. The molecule has 1 N–H and O–H groups in total. The fraction of sp³-hybridized carbons (Fsp3) is 0.691. The molecule has 0 amide bonds. The number of carbonyl (C=O) groups excluding carboxylic acids is 3. The third kappa shape index (κ3) is 15.4. The van der Waals surface area contributed by atoms with Crippen molar-refractivity contribution in [1.82, 2.24) is 9.80 Å². The van der Waals surface area contributed by atoms with Crippen LogP contribution in [0.5, 0.6) is 5.75 Å². The van der Waals surface area contributed by atoms with Crippen molar-refractivity contribution in [3.63, 3.8) is 0 Å². The lowest BCUT2D eigenvalue weighted by molar-refractivity contribution is -0.188. The SMILES string of the molecule is CCCCCC1CCC(c2ccc(-c3ccc(C(=O)OCCCCCCC(Cc4cc(C(C)(C)C)c(O)c(C(C)(C)C)c4)(C(=O)OC4CC(C)(C)N(C)C(C)(C)C4)C(=O)OC4CC(C)(C)N(C)C(C)(C)C4)cc3)cc2)CC1. The number of esters is 3. The van der Waals surface area contributed by atoms with E-state index in [0.717, 1.165) is 40.2 Å². The van der Waals surface area contributed by atoms with Gasteiger partial charge in [0.2, 0.25) is 0 Å². The van der Waals surface area contributed by atoms with E-state index in [9.17, 15) is 9.90 Å². The van der Waals surface area contributed by atoms with E-state index in [-0.39, 0.29) is 53.3 Å². The molecule has 1 aliphatic carbocycles. The average Bonchev–Trinajstić information content (AvgIpc) is 3.34. The molecule has 9 heteroatoms. The minimum atomic E-state index is -1.68. The van der Waals surface area contributed by atoms with E-state index < -0.39 is 40.4 Å². The number of ether oxygens (including phenoxy) is 3. The molecule has 0 bridgehead atoms. The summed E-state index contributed by atoms with van der Waals surface area (Å²) in [5.41, 5.74) is 2.95. The van der Waals surface area contributed by atoms with Gasteiger partial charge in [0.05, 0.1) is 12.2 Å². The highest BCUT2D eigenvalue weighted by Gasteiger charge is 2.54. The third-order valence-electron chi connectivity index (χ3n) is 18.8. The lowest BCUT2D eigenvalue weighted by Crippen LogP contribution is -2.61. The maximum absolute atomic E-state index is 15.6. The van der Waals surface area contributed by atoms with Crippen LogP contribution in [0.3, 0.4) is 0 Å². The zero-order chi connectivity index (χ0) is 56.9. The van der Waals surface area contributed by atoms with Gasteiger partial charge < -0.3 is 19.3 Å². The van der Waals surface area contributed by atoms with Crippen LogP contribution in [-0.2, 0) is 41.1 Å². The number of phenols is 1. The Hall–Kier alpha value is -4.21. The van der Waals surface area contributed by atoms with Crippen molar-refractivity contribution in [2.24, 2.45) is 11.3 Å². The summed E-state index contributed by atoms with van der Waals surface area (Å²) >= 11 is 0. The first-order valence-electron chi connectivity index (χ1n) is 29.9. The van der Waals surface area contributed by atoms with Crippen LogP contribution >= 0.6 is 0 Å². The molecular weight excluding hydrogens is 957 g/mol. The summed E-state index contributed by atoms with van der Waals surface area (Å²) < 4.78 is 19.3. The Morgan fingerprint density at radius 2 is 1.04 bits per heavy atom. The van der Waals surface area contributed by atoms with E-state index in [1.807, 2.05) is 36.4 Å². The molecule has 2 aliphatic heterocycles. The predicted octanol–water partition coefficient (Wildman–Crippen LogP) is 16.2. The van der Waals surface area contributed by atoms with Gasteiger partial charge in [-0.25, -0.2) is 4.79 Å². The molecule has 0 spiro atoms. The number of unbranched alkanes of at least 4 members (excludes halogenated alkanes) is 5. The van der Waals surface area contributed by atoms with Crippen molar-refractivity contribution < 1.29 is 33.7 Å². The number of aromatic hydroxyl groups is 1. The van der Waals surface area contributed by atoms with Crippen LogP contribution in [-0.4, -0.2) is 87.9 Å². The molecule has 3 aliphatic rings. The molecule has 0 atom stereocenters. The van der Waals surface area contributed by atoms with E-state index in [2.05, 4.69) is 152 Å². The van der Waals surface area contributed by atoms with Gasteiger partial charge in [0.15, 0.2) is 5.41 Å². The number of phenolic OH excluding ortho intramolecular Hbond substituents is 1. The van der Waals surface area contributed by atoms with E-state index in [0.29, 0.717) is 56.4 Å². The third-order valence-corrected chi connectivity index (χ3v) is 18.8. The van der Waals surface area contributed by atoms with Crippen molar-refractivity contribution in [3.05, 3.63) is 88.5 Å². The van der Waals surface area contributed by atoms with Crippen molar-refractivity contribution >= 4 is 17.9 Å². The molecule has 3 aromatic carbocycles. The van der Waals surface area contributed by atoms with Gasteiger partial charge in [-0.15, -0.1) is 0 Å². The van der Waals surface area contributed by atoms with Crippen molar-refractivity contribution in [1.29, 1.82) is 0 Å². The minimum Gasteiger partial charge on any atom is -0.507 e. The number of likely N-dealkylation sites (tertiary alicyclic amines) is 2. The molecule has 0 aromatic heterocycles. The number of rotatable bonds is 20. The van der Waals surface area contributed by atoms with Crippen LogP contribution < -0.4 is 0 Å². The van der Waals surface area contributed by atoms with Gasteiger partial charge in [0, 0.05) is 47.8 Å². The first-order valence-corrected chi connectivity index (χ1v) is 29.9. The molecule has 3 aromatic rings. The average molecular weight is 1060 g/mol. The largest absolute Gasteiger partial charge is 0.507 e. The van der Waals surface area contributed by atoms with Crippen molar-refractivity contribution in [2.45, 2.75) is 271 Å². The molecule has 2 saturated heterocycles. The Kier molecular flexibility index (Phi) is 19.9. The summed E-state index contributed by atoms with van der Waals surface area (Å²) in [5, 5.41) is 11.8. The Labute approximate surface area is 467 Å². The first kappa shape index (κ1) is 62.0. The molecule has 77 heavy (non-hydrogen) atoms. The van der Waals surface area contributed by atoms with Crippen molar-refractivity contribution in [2.75, 3.05) is 20.7 Å². The van der Waals surface area contributed by atoms with Gasteiger partial charge in [-0.1, -0.05) is 142 Å². The molecule has 6 rings (SSSR count). The van der Waals surface area contributed by atoms with E-state index in [4.69, 9.17) is 14.2 Å². The van der Waals surface area contributed by atoms with Crippen LogP contribution in [0, 0.1) is 11.3 Å². The molecule has 0 unspecified atom stereocenters. The number of nitrogens with zero attached hydrogens (tertiary/aromatic N) is 2. The summed E-state index contributed by atoms with van der Waals surface area (Å²) in [5.74, 6) is 0.364. The molecular formula is C68H104N2O7. The zero-order valence-electron chi connectivity index (χ0n) is 51.3. The van der Waals surface area contributed by atoms with E-state index in [1.54, 1.807) is 0 Å². The molecule has 9 nitrogen and oxygen atoms in total. The van der Waals surface area contributed by atoms with Crippen molar-refractivity contribution in [3.8, 4) is 16.9 Å². The zero-order valence-corrected chi connectivity index (χ0v) is 51.3. The number of hydrogen-bond donors (Lipinski definition) is 1. The van der Waals surface area contributed by atoms with Crippen LogP contribution in [0.15, 0.2) is 60.7 Å². The lowest BCUT2D eigenvalue weighted by Gasteiger charge is -2.53. The summed E-state index contributed by atoms with van der Waals surface area (Å²) in [6, 6.07) is 20.7. The molecule has 1 saturated carbocycles. The highest BCUT2D eigenvalue weighted by Crippen LogP contribution is 2.46. The lowest BCUT2D eigenvalue weighted by atomic mass is 9.73. The smallest absolute Gasteiger partial charge is 0.338 e. The van der Waals surface area contributed by atoms with Crippen LogP contribution in [0.25, 0.3) is 11.1 Å². The topological polar surface area (TPSA) is 106 Å². The van der Waals surface area contributed by atoms with E-state index in [1.165, 1.54) is 56.9 Å². The number of piperidine rings is 2. The van der Waals surface area contributed by atoms with Crippen LogP contribution in [0.2, 0.25) is 0 Å². The summed E-state index contributed by atoms with van der Waals surface area (Å²) in [4.78, 5) is 49.3. The van der Waals surface area contributed by atoms with Gasteiger partial charge in [0.1, 0.15) is 18.0 Å². The second-order valence-electron chi connectivity index (χ2n) is 28.8. The standard InChI is InChI=1S/C68H104N2O7/c1-18-19-22-25-47-26-28-49(29-27-47)50-30-32-51(33-31-50)52-34-36-53(37-35-52)59(72)75-39-24-21-20-23-38-68(60(73)76-54-43-64(8,9)69(16)65(10,11)44-54,61(74)77-55-45-66(12,13)70(17)67(14,15)46-55)42-48-40-56(62(2,3)4)58(71)57(41-48)63(5,6)7/h30-37,40-41,47,49,54-55,71H,18-29,38-39,42-46H2,1-17H3. The summed E-state index contributed by atoms with van der Waals surface area (Å²) in [6.07, 6.45) is 15.3. The maximum atomic E-state index is 15.6. The molecule has 3 fully saturated rings. The Morgan fingerprint density at radius 1 is 0.597 bits per heavy atom. The van der Waals surface area contributed by atoms with Gasteiger partial charge >= 0.3 is 17.9 Å². The second kappa shape index (κ2) is 24.7. The van der Waals surface area contributed by atoms with Gasteiger partial charge in [0.25, 0.3) is 0 Å². The highest BCUT2D eigenvalue weighted by atomic mass is 16.6. The maximum Gasteiger partial charge on any atom is 0.338 e. The van der Waals surface area contributed by atoms with E-state index >= 15 is 9.59 Å². The van der Waals surface area contributed by atoms with Gasteiger partial charge in [-0.05, 0) is 183 Å². The number of hydrogen-bond acceptors (Lipinski definition) is 9. The van der Waals surface area contributed by atoms with Gasteiger partial charge in [-0.2, -0.15) is 0 Å². The normalized spacial score (nSPS) is 21.4. The molecule has 428 valence electrons. The second-order valence-corrected chi connectivity index (χ2v) is 28.8. The minimum absolute atomic E-state index is 0.0672. The van der Waals surface area contributed by atoms with Crippen LogP contribution in [0.1, 0.15) is 252 Å². The number of benzene rings is 3.